The van der Waals surface area contributed by atoms with Crippen LogP contribution < -0.4 is 0 Å². The molecule has 5 nitrogen and oxygen atoms in total. The first kappa shape index (κ1) is 82.7. The van der Waals surface area contributed by atoms with Crippen molar-refractivity contribution in [3.63, 3.8) is 0 Å². The first-order valence-electron chi connectivity index (χ1n) is 36.6. The maximum Gasteiger partial charge on any atom is 0.228 e. The maximum absolute atomic E-state index is 13.9. The smallest absolute Gasteiger partial charge is 0.228 e. The molecule has 6 aromatic rings. The fourth-order valence-corrected chi connectivity index (χ4v) is 12.4. The van der Waals surface area contributed by atoms with Crippen molar-refractivity contribution in [3.8, 4) is 0 Å². The molecule has 8 rings (SSSR count). The lowest BCUT2D eigenvalue weighted by molar-refractivity contribution is -0.146. The van der Waals surface area contributed by atoms with E-state index in [2.05, 4.69) is 232 Å². The summed E-state index contributed by atoms with van der Waals surface area (Å²) in [5, 5.41) is 11.3. The number of carbonyl (C=O) groups excluding carboxylic acids is 1. The van der Waals surface area contributed by atoms with Crippen LogP contribution >= 0.6 is 0 Å². The van der Waals surface area contributed by atoms with Gasteiger partial charge in [-0.2, -0.15) is 0 Å². The summed E-state index contributed by atoms with van der Waals surface area (Å²) in [6.07, 6.45) is 19.4. The number of rotatable bonds is 23. The molecule has 2 saturated heterocycles. The Morgan fingerprint density at radius 2 is 0.967 bits per heavy atom. The maximum atomic E-state index is 13.9. The van der Waals surface area contributed by atoms with Gasteiger partial charge in [0, 0.05) is 39.3 Å². The summed E-state index contributed by atoms with van der Waals surface area (Å²) in [5.74, 6) is 1.89. The minimum atomic E-state index is -0.727. The molecule has 1 amide bonds. The Balaban J connectivity index is 0.000000658. The SMILES string of the molecule is CC.CC.CC.CCC.CCC(C)c1ccccc1C(c1ccccc1)N1CCC(O)(c2ccccc2)CC1.CCCCC1(C(=O)N(CC)CCC)CCN(C(c2ccccc2C)c2ccccc2CCC)CC1.CCCCCC(C)CC.Cc1ccccc1. The van der Waals surface area contributed by atoms with E-state index in [0.29, 0.717) is 11.8 Å². The molecule has 0 radical (unpaired) electrons. The molecular formula is C85H135N3O2. The summed E-state index contributed by atoms with van der Waals surface area (Å²) in [6, 6.07) is 58.6. The van der Waals surface area contributed by atoms with E-state index < -0.39 is 5.60 Å². The summed E-state index contributed by atoms with van der Waals surface area (Å²) in [5.41, 5.74) is 11.3. The zero-order valence-electron chi connectivity index (χ0n) is 61.4. The van der Waals surface area contributed by atoms with Crippen molar-refractivity contribution in [2.45, 2.75) is 264 Å². The van der Waals surface area contributed by atoms with Crippen molar-refractivity contribution in [3.05, 3.63) is 214 Å². The van der Waals surface area contributed by atoms with Crippen molar-refractivity contribution in [2.24, 2.45) is 11.3 Å². The van der Waals surface area contributed by atoms with E-state index in [1.807, 2.05) is 77.9 Å². The number of aryl methyl sites for hydroxylation is 3. The lowest BCUT2D eigenvalue weighted by Gasteiger charge is -2.46. The summed E-state index contributed by atoms with van der Waals surface area (Å²) in [6.45, 7) is 46.3. The molecule has 0 spiro atoms. The van der Waals surface area contributed by atoms with Crippen LogP contribution in [0.4, 0.5) is 0 Å². The molecule has 2 heterocycles. The van der Waals surface area contributed by atoms with Crippen LogP contribution in [-0.2, 0) is 16.8 Å². The Bertz CT molecular complexity index is 2630. The number of benzene rings is 6. The molecule has 5 heteroatoms. The lowest BCUT2D eigenvalue weighted by Crippen LogP contribution is -2.51. The second-order valence-corrected chi connectivity index (χ2v) is 24.6. The van der Waals surface area contributed by atoms with Crippen molar-refractivity contribution in [1.82, 2.24) is 14.7 Å². The predicted octanol–water partition coefficient (Wildman–Crippen LogP) is 23.9. The number of unbranched alkanes of at least 4 members (excludes halogenated alkanes) is 3. The summed E-state index contributed by atoms with van der Waals surface area (Å²) in [4.78, 5) is 21.2. The Hall–Kier alpha value is -5.33. The highest BCUT2D eigenvalue weighted by Crippen LogP contribution is 2.44. The van der Waals surface area contributed by atoms with Crippen LogP contribution in [0.15, 0.2) is 164 Å². The number of aliphatic hydroxyl groups is 1. The minimum Gasteiger partial charge on any atom is -0.385 e. The van der Waals surface area contributed by atoms with Gasteiger partial charge < -0.3 is 10.0 Å². The molecule has 2 fully saturated rings. The van der Waals surface area contributed by atoms with Gasteiger partial charge in [0.05, 0.1) is 23.1 Å². The van der Waals surface area contributed by atoms with Gasteiger partial charge in [-0.3, -0.25) is 14.6 Å². The van der Waals surface area contributed by atoms with Crippen molar-refractivity contribution >= 4 is 5.91 Å². The van der Waals surface area contributed by atoms with Gasteiger partial charge >= 0.3 is 0 Å². The topological polar surface area (TPSA) is 47.0 Å². The van der Waals surface area contributed by atoms with Crippen LogP contribution in [0.3, 0.4) is 0 Å². The molecule has 0 aromatic heterocycles. The quantitative estimate of drug-likeness (QED) is 0.0650. The molecule has 0 aliphatic carbocycles. The van der Waals surface area contributed by atoms with Crippen LogP contribution in [0.25, 0.3) is 0 Å². The molecule has 0 bridgehead atoms. The fourth-order valence-electron chi connectivity index (χ4n) is 12.4. The van der Waals surface area contributed by atoms with Gasteiger partial charge in [-0.05, 0) is 128 Å². The average Bonchev–Trinajstić information content (AvgIpc) is 0.808. The molecule has 2 aliphatic heterocycles. The van der Waals surface area contributed by atoms with Crippen molar-refractivity contribution in [1.29, 1.82) is 0 Å². The second kappa shape index (κ2) is 49.3. The number of piperidine rings is 2. The highest BCUT2D eigenvalue weighted by molar-refractivity contribution is 5.83. The van der Waals surface area contributed by atoms with Crippen LogP contribution in [-0.4, -0.2) is 65.0 Å². The van der Waals surface area contributed by atoms with E-state index in [1.54, 1.807) is 0 Å². The van der Waals surface area contributed by atoms with Gasteiger partial charge in [-0.1, -0.05) is 338 Å². The molecule has 2 aliphatic rings. The minimum absolute atomic E-state index is 0.198. The number of hydrogen-bond acceptors (Lipinski definition) is 4. The predicted molar refractivity (Wildman–Crippen MR) is 398 cm³/mol. The lowest BCUT2D eigenvalue weighted by atomic mass is 9.72. The number of carbonyl (C=O) groups is 1. The molecule has 6 aromatic carbocycles. The molecule has 0 saturated carbocycles. The molecule has 502 valence electrons. The Labute approximate surface area is 556 Å². The normalized spacial score (nSPS) is 15.2. The Kier molecular flexibility index (Phi) is 45.3. The first-order chi connectivity index (χ1) is 43.7. The molecule has 1 N–H and O–H groups in total. The van der Waals surface area contributed by atoms with Gasteiger partial charge in [0.2, 0.25) is 5.91 Å². The zero-order valence-corrected chi connectivity index (χ0v) is 61.4. The number of hydrogen-bond donors (Lipinski definition) is 1. The van der Waals surface area contributed by atoms with E-state index in [0.717, 1.165) is 121 Å². The number of likely N-dealkylation sites (tertiary alicyclic amines) is 2. The van der Waals surface area contributed by atoms with Gasteiger partial charge in [0.15, 0.2) is 0 Å². The van der Waals surface area contributed by atoms with Crippen LogP contribution in [0.5, 0.6) is 0 Å². The average molecular weight is 1230 g/mol. The number of nitrogens with zero attached hydrogens (tertiary/aromatic N) is 3. The summed E-state index contributed by atoms with van der Waals surface area (Å²) >= 11 is 0. The van der Waals surface area contributed by atoms with Gasteiger partial charge in [-0.15, -0.1) is 0 Å². The second-order valence-electron chi connectivity index (χ2n) is 24.6. The number of amides is 1. The largest absolute Gasteiger partial charge is 0.385 e. The van der Waals surface area contributed by atoms with E-state index in [1.165, 1.54) is 83.0 Å². The van der Waals surface area contributed by atoms with Gasteiger partial charge in [-0.25, -0.2) is 0 Å². The van der Waals surface area contributed by atoms with Crippen molar-refractivity contribution in [2.75, 3.05) is 39.3 Å². The van der Waals surface area contributed by atoms with Crippen molar-refractivity contribution < 1.29 is 9.90 Å². The van der Waals surface area contributed by atoms with E-state index in [-0.39, 0.29) is 17.5 Å². The van der Waals surface area contributed by atoms with Crippen LogP contribution in [0, 0.1) is 25.2 Å². The fraction of sp³-hybridized carbons (Fsp3) is 0.565. The third-order valence-electron chi connectivity index (χ3n) is 17.9. The Morgan fingerprint density at radius 3 is 1.44 bits per heavy atom. The van der Waals surface area contributed by atoms with Gasteiger partial charge in [0.25, 0.3) is 0 Å². The summed E-state index contributed by atoms with van der Waals surface area (Å²) < 4.78 is 0. The molecule has 4 unspecified atom stereocenters. The molecule has 90 heavy (non-hydrogen) atoms. The van der Waals surface area contributed by atoms with Gasteiger partial charge in [0.1, 0.15) is 0 Å². The monoisotopic (exact) mass is 1230 g/mol. The molecule has 4 atom stereocenters. The third kappa shape index (κ3) is 27.5. The van der Waals surface area contributed by atoms with Crippen LogP contribution in [0.1, 0.15) is 289 Å². The summed E-state index contributed by atoms with van der Waals surface area (Å²) in [7, 11) is 0. The van der Waals surface area contributed by atoms with E-state index in [4.69, 9.17) is 0 Å². The van der Waals surface area contributed by atoms with Crippen LogP contribution in [0.2, 0.25) is 0 Å². The third-order valence-corrected chi connectivity index (χ3v) is 17.9. The van der Waals surface area contributed by atoms with E-state index >= 15 is 0 Å². The Morgan fingerprint density at radius 1 is 0.500 bits per heavy atom. The first-order valence-corrected chi connectivity index (χ1v) is 36.6. The highest BCUT2D eigenvalue weighted by atomic mass is 16.3. The van der Waals surface area contributed by atoms with E-state index in [9.17, 15) is 9.90 Å². The standard InChI is InChI=1S/C32H48N2O.C28H33NO.C9H20.C7H8.C3H8.3C2H6/c1-6-10-20-32(31(35)33(9-4)23-8-3)21-24-34(25-22-32)30(28-18-13-11-16-26(28)5)29-19-14-12-17-27(29)15-7-2;1-3-22(2)25-16-10-11-17-26(25)27(23-12-6-4-7-13-23)29-20-18-28(30,19-21-29)24-14-8-5-9-15-24;1-4-6-7-8-9(3)5-2;1-7-5-3-2-4-6-7;1-3-2;3*1-2/h11-14,16-19,30H,6-10,15,20-25H2,1-5H3;4-17,22,27,30H,3,18-21H2,1-2H3;9H,4-8H2,1-3H3;2-6H,1H3;3H2,1-2H3;3*1-2H3. The molecular weight excluding hydrogens is 1090 g/mol. The zero-order chi connectivity index (χ0) is 67.2. The highest BCUT2D eigenvalue weighted by Gasteiger charge is 2.44.